The number of rotatable bonds is 1. The first-order chi connectivity index (χ1) is 9.46. The first-order valence-electron chi connectivity index (χ1n) is 6.32. The zero-order valence-corrected chi connectivity index (χ0v) is 11.3. The van der Waals surface area contributed by atoms with Gasteiger partial charge in [-0.15, -0.1) is 0 Å². The van der Waals surface area contributed by atoms with Crippen LogP contribution in [0.2, 0.25) is 0 Å². The van der Waals surface area contributed by atoms with Crippen LogP contribution in [0.5, 0.6) is 5.75 Å². The van der Waals surface area contributed by atoms with Gasteiger partial charge in [0, 0.05) is 24.1 Å². The van der Waals surface area contributed by atoms with Crippen LogP contribution in [0.25, 0.3) is 5.70 Å². The summed E-state index contributed by atoms with van der Waals surface area (Å²) in [6.07, 6.45) is 5.16. The topological polar surface area (TPSA) is 70.1 Å². The normalized spacial score (nSPS) is 16.0. The predicted octanol–water partition coefficient (Wildman–Crippen LogP) is 1.89. The fraction of sp³-hybridized carbons (Fsp3) is 0.200. The molecule has 5 nitrogen and oxygen atoms in total. The summed E-state index contributed by atoms with van der Waals surface area (Å²) >= 11 is 0. The van der Waals surface area contributed by atoms with E-state index >= 15 is 0 Å². The summed E-state index contributed by atoms with van der Waals surface area (Å²) in [7, 11) is 0. The second-order valence-corrected chi connectivity index (χ2v) is 5.26. The van der Waals surface area contributed by atoms with Crippen LogP contribution in [0.3, 0.4) is 0 Å². The molecule has 0 fully saturated rings. The Morgan fingerprint density at radius 2 is 2.10 bits per heavy atom. The van der Waals surface area contributed by atoms with Crippen LogP contribution >= 0.6 is 0 Å². The predicted molar refractivity (Wildman–Crippen MR) is 77.4 cm³/mol. The van der Waals surface area contributed by atoms with Gasteiger partial charge in [-0.25, -0.2) is 0 Å². The summed E-state index contributed by atoms with van der Waals surface area (Å²) in [5, 5.41) is 0. The Bertz CT molecular complexity index is 760. The van der Waals surface area contributed by atoms with Gasteiger partial charge in [-0.05, 0) is 38.1 Å². The Hall–Kier alpha value is -2.56. The Morgan fingerprint density at radius 1 is 1.30 bits per heavy atom. The third kappa shape index (κ3) is 2.07. The number of anilines is 1. The summed E-state index contributed by atoms with van der Waals surface area (Å²) in [5.41, 5.74) is 6.96. The van der Waals surface area contributed by atoms with E-state index in [9.17, 15) is 4.79 Å². The van der Waals surface area contributed by atoms with Gasteiger partial charge in [0.1, 0.15) is 17.0 Å². The van der Waals surface area contributed by atoms with E-state index in [1.807, 2.05) is 26.0 Å². The van der Waals surface area contributed by atoms with Crippen LogP contribution in [0.1, 0.15) is 19.5 Å². The standard InChI is InChI=1S/C15H15N3O2/c1-15(2)8-11(14-12(20-15)4-3-7-17-14)18-9-10(16)5-6-13(18)19/h3-9H,16H2,1-2H3. The lowest BCUT2D eigenvalue weighted by Crippen LogP contribution is -2.32. The van der Waals surface area contributed by atoms with E-state index in [2.05, 4.69) is 4.98 Å². The largest absolute Gasteiger partial charge is 0.481 e. The summed E-state index contributed by atoms with van der Waals surface area (Å²) in [4.78, 5) is 16.4. The van der Waals surface area contributed by atoms with Crippen LogP contribution in [-0.4, -0.2) is 15.2 Å². The molecule has 3 heterocycles. The van der Waals surface area contributed by atoms with Crippen LogP contribution in [0.4, 0.5) is 5.69 Å². The van der Waals surface area contributed by atoms with Crippen molar-refractivity contribution in [1.82, 2.24) is 9.55 Å². The van der Waals surface area contributed by atoms with Gasteiger partial charge in [0.25, 0.3) is 5.56 Å². The van der Waals surface area contributed by atoms with Crippen molar-refractivity contribution in [1.29, 1.82) is 0 Å². The lowest BCUT2D eigenvalue weighted by Gasteiger charge is -2.30. The number of ether oxygens (including phenoxy) is 1. The molecule has 0 spiro atoms. The maximum atomic E-state index is 12.1. The fourth-order valence-electron chi connectivity index (χ4n) is 2.25. The maximum Gasteiger partial charge on any atom is 0.255 e. The van der Waals surface area contributed by atoms with Crippen molar-refractivity contribution in [3.63, 3.8) is 0 Å². The van der Waals surface area contributed by atoms with E-state index in [-0.39, 0.29) is 5.56 Å². The Kier molecular flexibility index (Phi) is 2.64. The second kappa shape index (κ2) is 4.23. The quantitative estimate of drug-likeness (QED) is 0.858. The highest BCUT2D eigenvalue weighted by Crippen LogP contribution is 2.34. The first-order valence-corrected chi connectivity index (χ1v) is 6.32. The molecule has 0 atom stereocenters. The fourth-order valence-corrected chi connectivity index (χ4v) is 2.25. The van der Waals surface area contributed by atoms with E-state index in [0.29, 0.717) is 22.8 Å². The van der Waals surface area contributed by atoms with Crippen molar-refractivity contribution in [2.45, 2.75) is 19.4 Å². The van der Waals surface area contributed by atoms with Crippen LogP contribution in [0, 0.1) is 0 Å². The molecule has 0 amide bonds. The molecular formula is C15H15N3O2. The van der Waals surface area contributed by atoms with Gasteiger partial charge in [-0.3, -0.25) is 14.3 Å². The van der Waals surface area contributed by atoms with E-state index in [4.69, 9.17) is 10.5 Å². The molecule has 0 saturated carbocycles. The summed E-state index contributed by atoms with van der Waals surface area (Å²) in [6.45, 7) is 3.86. The SMILES string of the molecule is CC1(C)C=C(n2cc(N)ccc2=O)c2ncccc2O1. The number of nitrogens with zero attached hydrogens (tertiary/aromatic N) is 2. The van der Waals surface area contributed by atoms with Gasteiger partial charge in [-0.2, -0.15) is 0 Å². The van der Waals surface area contributed by atoms with E-state index < -0.39 is 5.60 Å². The molecule has 3 rings (SSSR count). The van der Waals surface area contributed by atoms with Crippen molar-refractivity contribution >= 4 is 11.4 Å². The van der Waals surface area contributed by atoms with Crippen LogP contribution < -0.4 is 16.0 Å². The lowest BCUT2D eigenvalue weighted by molar-refractivity contribution is 0.156. The molecule has 0 bridgehead atoms. The number of fused-ring (bicyclic) bond motifs is 1. The van der Waals surface area contributed by atoms with Crippen LogP contribution in [-0.2, 0) is 0 Å². The van der Waals surface area contributed by atoms with Crippen LogP contribution in [0.15, 0.2) is 47.5 Å². The zero-order valence-electron chi connectivity index (χ0n) is 11.3. The van der Waals surface area contributed by atoms with Crippen molar-refractivity contribution in [3.8, 4) is 5.75 Å². The minimum Gasteiger partial charge on any atom is -0.481 e. The van der Waals surface area contributed by atoms with Gasteiger partial charge >= 0.3 is 0 Å². The highest BCUT2D eigenvalue weighted by molar-refractivity contribution is 5.71. The average molecular weight is 269 g/mol. The average Bonchev–Trinajstić information content (AvgIpc) is 2.39. The number of aromatic nitrogens is 2. The first kappa shape index (κ1) is 12.5. The van der Waals surface area contributed by atoms with Crippen molar-refractivity contribution in [3.05, 3.63) is 58.8 Å². The molecule has 0 aromatic carbocycles. The Balaban J connectivity index is 2.28. The molecule has 2 aromatic rings. The highest BCUT2D eigenvalue weighted by atomic mass is 16.5. The minimum atomic E-state index is -0.518. The zero-order chi connectivity index (χ0) is 14.3. The number of nitrogen functional groups attached to an aromatic ring is 1. The molecule has 20 heavy (non-hydrogen) atoms. The molecule has 0 aliphatic carbocycles. The Morgan fingerprint density at radius 3 is 2.90 bits per heavy atom. The third-order valence-corrected chi connectivity index (χ3v) is 3.06. The molecule has 0 saturated heterocycles. The summed E-state index contributed by atoms with van der Waals surface area (Å²) in [5.74, 6) is 0.657. The third-order valence-electron chi connectivity index (χ3n) is 3.06. The minimum absolute atomic E-state index is 0.153. The number of hydrogen-bond acceptors (Lipinski definition) is 4. The Labute approximate surface area is 116 Å². The van der Waals surface area contributed by atoms with Crippen molar-refractivity contribution in [2.75, 3.05) is 5.73 Å². The summed E-state index contributed by atoms with van der Waals surface area (Å²) in [6, 6.07) is 6.68. The molecule has 1 aliphatic rings. The van der Waals surface area contributed by atoms with E-state index in [1.54, 1.807) is 24.5 Å². The molecule has 0 unspecified atom stereocenters. The molecule has 1 aliphatic heterocycles. The molecule has 2 aromatic heterocycles. The van der Waals surface area contributed by atoms with E-state index in [0.717, 1.165) is 0 Å². The molecular weight excluding hydrogens is 254 g/mol. The number of nitrogens with two attached hydrogens (primary N) is 1. The second-order valence-electron chi connectivity index (χ2n) is 5.26. The van der Waals surface area contributed by atoms with E-state index in [1.165, 1.54) is 10.6 Å². The molecule has 5 heteroatoms. The van der Waals surface area contributed by atoms with Crippen molar-refractivity contribution in [2.24, 2.45) is 0 Å². The molecule has 102 valence electrons. The summed E-state index contributed by atoms with van der Waals surface area (Å²) < 4.78 is 7.36. The number of pyridine rings is 2. The lowest BCUT2D eigenvalue weighted by atomic mass is 10.0. The highest BCUT2D eigenvalue weighted by Gasteiger charge is 2.28. The van der Waals surface area contributed by atoms with Gasteiger partial charge in [0.15, 0.2) is 0 Å². The smallest absolute Gasteiger partial charge is 0.255 e. The van der Waals surface area contributed by atoms with Crippen molar-refractivity contribution < 1.29 is 4.74 Å². The molecule has 2 N–H and O–H groups in total. The maximum absolute atomic E-state index is 12.1. The monoisotopic (exact) mass is 269 g/mol. The number of hydrogen-bond donors (Lipinski definition) is 1. The van der Waals surface area contributed by atoms with Gasteiger partial charge < -0.3 is 10.5 Å². The van der Waals surface area contributed by atoms with Gasteiger partial charge in [0.05, 0.1) is 5.70 Å². The van der Waals surface area contributed by atoms with Gasteiger partial charge in [-0.1, -0.05) is 0 Å². The van der Waals surface area contributed by atoms with Gasteiger partial charge in [0.2, 0.25) is 0 Å². The molecule has 0 radical (unpaired) electrons.